The average molecular weight is 506 g/mol. The van der Waals surface area contributed by atoms with Crippen LogP contribution in [0.4, 0.5) is 35.5 Å². The number of carboxylic acid groups (broad SMARTS) is 1. The van der Waals surface area contributed by atoms with E-state index in [2.05, 4.69) is 0 Å². The first-order chi connectivity index (χ1) is 16.2. The second-order valence-electron chi connectivity index (χ2n) is 8.39. The SMILES string of the molecule is CN(Cc1cc(C(F)(F)F)cc(C(F)(F)F)c1)C(=O)[C@H]1CCN(C(=O)O)C[C@H]1c1ccc(F)cc1. The molecule has 0 unspecified atom stereocenters. The lowest BCUT2D eigenvalue weighted by atomic mass is 9.80. The quantitative estimate of drug-likeness (QED) is 0.549. The number of benzene rings is 2. The molecule has 0 aromatic heterocycles. The molecule has 1 heterocycles. The topological polar surface area (TPSA) is 60.9 Å². The summed E-state index contributed by atoms with van der Waals surface area (Å²) in [7, 11) is 1.25. The summed E-state index contributed by atoms with van der Waals surface area (Å²) >= 11 is 0. The Balaban J connectivity index is 1.88. The first-order valence-electron chi connectivity index (χ1n) is 10.4. The van der Waals surface area contributed by atoms with Gasteiger partial charge < -0.3 is 14.9 Å². The molecule has 3 rings (SSSR count). The second kappa shape index (κ2) is 9.74. The van der Waals surface area contributed by atoms with Crippen molar-refractivity contribution < 1.29 is 45.4 Å². The molecular weight excluding hydrogens is 485 g/mol. The van der Waals surface area contributed by atoms with E-state index in [0.717, 1.165) is 21.9 Å². The monoisotopic (exact) mass is 506 g/mol. The minimum absolute atomic E-state index is 0.0114. The number of nitrogens with zero attached hydrogens (tertiary/aromatic N) is 2. The molecule has 2 amide bonds. The zero-order chi connectivity index (χ0) is 26.1. The van der Waals surface area contributed by atoms with Crippen LogP contribution < -0.4 is 0 Å². The normalized spacial score (nSPS) is 18.9. The first-order valence-corrected chi connectivity index (χ1v) is 10.4. The van der Waals surface area contributed by atoms with E-state index >= 15 is 0 Å². The van der Waals surface area contributed by atoms with Crippen LogP contribution in [0.5, 0.6) is 0 Å². The van der Waals surface area contributed by atoms with E-state index in [-0.39, 0.29) is 31.1 Å². The van der Waals surface area contributed by atoms with Crippen LogP contribution in [0.2, 0.25) is 0 Å². The van der Waals surface area contributed by atoms with Crippen LogP contribution in [-0.4, -0.2) is 47.0 Å². The highest BCUT2D eigenvalue weighted by atomic mass is 19.4. The first kappa shape index (κ1) is 26.3. The zero-order valence-electron chi connectivity index (χ0n) is 18.3. The van der Waals surface area contributed by atoms with Crippen molar-refractivity contribution in [2.45, 2.75) is 31.2 Å². The number of rotatable bonds is 4. The molecule has 35 heavy (non-hydrogen) atoms. The summed E-state index contributed by atoms with van der Waals surface area (Å²) in [4.78, 5) is 26.8. The van der Waals surface area contributed by atoms with Crippen LogP contribution in [0.15, 0.2) is 42.5 Å². The smallest absolute Gasteiger partial charge is 0.416 e. The van der Waals surface area contributed by atoms with E-state index in [1.54, 1.807) is 0 Å². The lowest BCUT2D eigenvalue weighted by molar-refractivity contribution is -0.143. The number of hydrogen-bond acceptors (Lipinski definition) is 2. The molecule has 1 saturated heterocycles. The van der Waals surface area contributed by atoms with Crippen LogP contribution in [-0.2, 0) is 23.7 Å². The minimum Gasteiger partial charge on any atom is -0.465 e. The van der Waals surface area contributed by atoms with Crippen molar-refractivity contribution in [2.75, 3.05) is 20.1 Å². The predicted molar refractivity (Wildman–Crippen MR) is 110 cm³/mol. The molecule has 0 spiro atoms. The molecule has 0 radical (unpaired) electrons. The molecule has 12 heteroatoms. The van der Waals surface area contributed by atoms with Gasteiger partial charge >= 0.3 is 18.4 Å². The van der Waals surface area contributed by atoms with Crippen LogP contribution in [0.3, 0.4) is 0 Å². The van der Waals surface area contributed by atoms with Gasteiger partial charge in [0.05, 0.1) is 11.1 Å². The number of halogens is 7. The van der Waals surface area contributed by atoms with Crippen molar-refractivity contribution in [3.05, 3.63) is 70.5 Å². The fourth-order valence-corrected chi connectivity index (χ4v) is 4.21. The molecule has 0 saturated carbocycles. The molecular formula is C23H21F7N2O3. The second-order valence-corrected chi connectivity index (χ2v) is 8.39. The van der Waals surface area contributed by atoms with Gasteiger partial charge in [0.15, 0.2) is 0 Å². The Morgan fingerprint density at radius 2 is 1.54 bits per heavy atom. The molecule has 2 aromatic rings. The highest BCUT2D eigenvalue weighted by Crippen LogP contribution is 2.37. The fourth-order valence-electron chi connectivity index (χ4n) is 4.21. The Morgan fingerprint density at radius 1 is 1.00 bits per heavy atom. The Bertz CT molecular complexity index is 1050. The minimum atomic E-state index is -5.02. The highest BCUT2D eigenvalue weighted by Gasteiger charge is 2.39. The van der Waals surface area contributed by atoms with Crippen molar-refractivity contribution in [1.29, 1.82) is 0 Å². The van der Waals surface area contributed by atoms with Crippen LogP contribution in [0.1, 0.15) is 34.6 Å². The van der Waals surface area contributed by atoms with Gasteiger partial charge in [-0.3, -0.25) is 4.79 Å². The van der Waals surface area contributed by atoms with Gasteiger partial charge in [0.25, 0.3) is 0 Å². The maximum absolute atomic E-state index is 13.4. The number of alkyl halides is 6. The summed E-state index contributed by atoms with van der Waals surface area (Å²) < 4.78 is 92.4. The summed E-state index contributed by atoms with van der Waals surface area (Å²) in [5.74, 6) is -2.60. The molecule has 190 valence electrons. The van der Waals surface area contributed by atoms with Gasteiger partial charge in [-0.25, -0.2) is 9.18 Å². The van der Waals surface area contributed by atoms with E-state index in [1.165, 1.54) is 19.2 Å². The molecule has 1 fully saturated rings. The van der Waals surface area contributed by atoms with Gasteiger partial charge in [-0.1, -0.05) is 12.1 Å². The van der Waals surface area contributed by atoms with E-state index in [4.69, 9.17) is 0 Å². The molecule has 5 nitrogen and oxygen atoms in total. The van der Waals surface area contributed by atoms with Crippen molar-refractivity contribution in [3.8, 4) is 0 Å². The van der Waals surface area contributed by atoms with Gasteiger partial charge in [0, 0.05) is 38.5 Å². The molecule has 2 aromatic carbocycles. The Morgan fingerprint density at radius 3 is 2.03 bits per heavy atom. The van der Waals surface area contributed by atoms with Gasteiger partial charge in [-0.2, -0.15) is 26.3 Å². The summed E-state index contributed by atoms with van der Waals surface area (Å²) in [5.41, 5.74) is -2.84. The largest absolute Gasteiger partial charge is 0.465 e. The maximum atomic E-state index is 13.4. The lowest BCUT2D eigenvalue weighted by Crippen LogP contribution is -2.47. The zero-order valence-corrected chi connectivity index (χ0v) is 18.3. The summed E-state index contributed by atoms with van der Waals surface area (Å²) in [6.07, 6.45) is -11.2. The number of likely N-dealkylation sites (tertiary alicyclic amines) is 1. The molecule has 0 bridgehead atoms. The van der Waals surface area contributed by atoms with Crippen molar-refractivity contribution in [3.63, 3.8) is 0 Å². The highest BCUT2D eigenvalue weighted by molar-refractivity contribution is 5.80. The van der Waals surface area contributed by atoms with Gasteiger partial charge in [-0.05, 0) is 47.9 Å². The Hall–Kier alpha value is -3.31. The van der Waals surface area contributed by atoms with Gasteiger partial charge in [-0.15, -0.1) is 0 Å². The van der Waals surface area contributed by atoms with Crippen molar-refractivity contribution in [2.24, 2.45) is 5.92 Å². The van der Waals surface area contributed by atoms with Crippen LogP contribution in [0, 0.1) is 11.7 Å². The third kappa shape index (κ3) is 6.23. The molecule has 0 aliphatic carbocycles. The molecule has 1 aliphatic rings. The van der Waals surface area contributed by atoms with E-state index in [0.29, 0.717) is 17.7 Å². The Labute approximate surface area is 195 Å². The summed E-state index contributed by atoms with van der Waals surface area (Å²) in [6.45, 7) is -0.590. The van der Waals surface area contributed by atoms with Crippen molar-refractivity contribution >= 4 is 12.0 Å². The van der Waals surface area contributed by atoms with E-state index < -0.39 is 59.7 Å². The average Bonchev–Trinajstić information content (AvgIpc) is 2.77. The summed E-state index contributed by atoms with van der Waals surface area (Å²) in [5, 5.41) is 9.35. The van der Waals surface area contributed by atoms with Crippen molar-refractivity contribution in [1.82, 2.24) is 9.80 Å². The van der Waals surface area contributed by atoms with Gasteiger partial charge in [0.2, 0.25) is 5.91 Å². The predicted octanol–water partition coefficient (Wildman–Crippen LogP) is 5.61. The van der Waals surface area contributed by atoms with E-state index in [9.17, 15) is 45.4 Å². The molecule has 1 aliphatic heterocycles. The third-order valence-corrected chi connectivity index (χ3v) is 5.94. The number of amides is 2. The number of hydrogen-bond donors (Lipinski definition) is 1. The van der Waals surface area contributed by atoms with Gasteiger partial charge in [0.1, 0.15) is 5.82 Å². The van der Waals surface area contributed by atoms with E-state index in [1.807, 2.05) is 0 Å². The number of carbonyl (C=O) groups is 2. The van der Waals surface area contributed by atoms with Crippen LogP contribution >= 0.6 is 0 Å². The summed E-state index contributed by atoms with van der Waals surface area (Å²) in [6, 6.07) is 6.26. The molecule has 2 atom stereocenters. The fraction of sp³-hybridized carbons (Fsp3) is 0.391. The Kier molecular flexibility index (Phi) is 7.32. The lowest BCUT2D eigenvalue weighted by Gasteiger charge is -2.38. The maximum Gasteiger partial charge on any atom is 0.416 e. The third-order valence-electron chi connectivity index (χ3n) is 5.94. The number of carbonyl (C=O) groups excluding carboxylic acids is 1. The number of piperidine rings is 1. The molecule has 1 N–H and O–H groups in total. The van der Waals surface area contributed by atoms with Crippen LogP contribution in [0.25, 0.3) is 0 Å². The standard InChI is InChI=1S/C23H21F7N2O3/c1-31(11-13-8-15(22(25,26)27)10-16(9-13)23(28,29)30)20(33)18-6-7-32(21(34)35)12-19(18)14-2-4-17(24)5-3-14/h2-5,8-10,18-19H,6-7,11-12H2,1H3,(H,34,35)/t18-,19-/m0/s1.